The van der Waals surface area contributed by atoms with Crippen LogP contribution in [0.5, 0.6) is 5.75 Å². The predicted molar refractivity (Wildman–Crippen MR) is 135 cm³/mol. The monoisotopic (exact) mass is 510 g/mol. The zero-order chi connectivity index (χ0) is 24.4. The van der Waals surface area contributed by atoms with Gasteiger partial charge in [-0.15, -0.1) is 0 Å². The fourth-order valence-corrected chi connectivity index (χ4v) is 5.00. The van der Waals surface area contributed by atoms with Gasteiger partial charge in [0.05, 0.1) is 6.61 Å². The molecule has 1 spiro atoms. The number of hydrogen-bond acceptors (Lipinski definition) is 5. The minimum absolute atomic E-state index is 0.0741. The molecule has 2 heterocycles. The molecule has 8 heteroatoms. The van der Waals surface area contributed by atoms with E-state index in [0.29, 0.717) is 53.2 Å². The summed E-state index contributed by atoms with van der Waals surface area (Å²) < 4.78 is 12.0. The van der Waals surface area contributed by atoms with Crippen LogP contribution in [0.25, 0.3) is 0 Å². The molecule has 0 saturated heterocycles. The number of amides is 1. The molecule has 0 bridgehead atoms. The molecule has 2 N–H and O–H groups in total. The second-order valence-electron chi connectivity index (χ2n) is 8.58. The van der Waals surface area contributed by atoms with Crippen molar-refractivity contribution in [3.05, 3.63) is 99.0 Å². The number of fused-ring (bicyclic) bond motifs is 1. The second-order valence-corrected chi connectivity index (χ2v) is 9.43. The molecule has 6 nitrogen and oxygen atoms in total. The molecule has 2 atom stereocenters. The van der Waals surface area contributed by atoms with Crippen LogP contribution in [0.15, 0.2) is 71.7 Å². The highest BCUT2D eigenvalue weighted by atomic mass is 35.5. The molecule has 0 radical (unpaired) electrons. The first-order valence-electron chi connectivity index (χ1n) is 11.4. The van der Waals surface area contributed by atoms with Gasteiger partial charge in [0.25, 0.3) is 5.91 Å². The molecule has 35 heavy (non-hydrogen) atoms. The third-order valence-electron chi connectivity index (χ3n) is 6.29. The smallest absolute Gasteiger partial charge is 0.252 e. The SMILES string of the molecule is O=C1NCc2ccccc2C[C@]12N=C(c1ccc(OCCCO)cc1)O[C@@H]2c1ccc(Cl)cc1Cl. The van der Waals surface area contributed by atoms with E-state index in [0.717, 1.165) is 16.7 Å². The summed E-state index contributed by atoms with van der Waals surface area (Å²) in [5, 5.41) is 12.9. The van der Waals surface area contributed by atoms with E-state index in [-0.39, 0.29) is 12.5 Å². The molecule has 0 fully saturated rings. The molecule has 5 rings (SSSR count). The van der Waals surface area contributed by atoms with Crippen LogP contribution < -0.4 is 10.1 Å². The maximum Gasteiger partial charge on any atom is 0.252 e. The quantitative estimate of drug-likeness (QED) is 0.463. The van der Waals surface area contributed by atoms with Gasteiger partial charge in [-0.1, -0.05) is 53.5 Å². The number of carbonyl (C=O) groups is 1. The molecule has 3 aromatic carbocycles. The number of nitrogens with one attached hydrogen (secondary N) is 1. The Morgan fingerprint density at radius 3 is 2.60 bits per heavy atom. The van der Waals surface area contributed by atoms with Crippen LogP contribution in [-0.4, -0.2) is 35.7 Å². The van der Waals surface area contributed by atoms with Crippen molar-refractivity contribution in [2.24, 2.45) is 4.99 Å². The normalized spacial score (nSPS) is 21.1. The van der Waals surface area contributed by atoms with Gasteiger partial charge in [-0.3, -0.25) is 4.79 Å². The lowest BCUT2D eigenvalue weighted by atomic mass is 9.82. The molecule has 0 saturated carbocycles. The number of benzene rings is 3. The number of carbonyl (C=O) groups excluding carboxylic acids is 1. The molecule has 0 aliphatic carbocycles. The van der Waals surface area contributed by atoms with E-state index in [1.165, 1.54) is 0 Å². The van der Waals surface area contributed by atoms with E-state index in [1.54, 1.807) is 18.2 Å². The van der Waals surface area contributed by atoms with Crippen LogP contribution in [0.2, 0.25) is 10.0 Å². The molecule has 0 unspecified atom stereocenters. The topological polar surface area (TPSA) is 80.2 Å². The highest BCUT2D eigenvalue weighted by molar-refractivity contribution is 6.35. The summed E-state index contributed by atoms with van der Waals surface area (Å²) in [5.41, 5.74) is 2.20. The van der Waals surface area contributed by atoms with Gasteiger partial charge >= 0.3 is 0 Å². The van der Waals surface area contributed by atoms with Gasteiger partial charge in [0.15, 0.2) is 11.6 Å². The van der Waals surface area contributed by atoms with Crippen molar-refractivity contribution in [3.63, 3.8) is 0 Å². The van der Waals surface area contributed by atoms with Crippen molar-refractivity contribution in [3.8, 4) is 5.75 Å². The summed E-state index contributed by atoms with van der Waals surface area (Å²) in [7, 11) is 0. The Balaban J connectivity index is 1.56. The lowest BCUT2D eigenvalue weighted by Gasteiger charge is -2.29. The molecule has 180 valence electrons. The summed E-state index contributed by atoms with van der Waals surface area (Å²) in [4.78, 5) is 18.6. The number of aliphatic hydroxyl groups is 1. The van der Waals surface area contributed by atoms with E-state index in [9.17, 15) is 4.79 Å². The summed E-state index contributed by atoms with van der Waals surface area (Å²) in [6.07, 6.45) is 0.180. The van der Waals surface area contributed by atoms with Gasteiger partial charge in [-0.2, -0.15) is 0 Å². The van der Waals surface area contributed by atoms with E-state index >= 15 is 0 Å². The summed E-state index contributed by atoms with van der Waals surface area (Å²) in [6, 6.07) is 20.4. The molecule has 2 aliphatic heterocycles. The summed E-state index contributed by atoms with van der Waals surface area (Å²) >= 11 is 12.7. The van der Waals surface area contributed by atoms with Crippen LogP contribution in [0.3, 0.4) is 0 Å². The number of rotatable bonds is 6. The molecule has 3 aromatic rings. The molecular weight excluding hydrogens is 487 g/mol. The van der Waals surface area contributed by atoms with Crippen molar-refractivity contribution in [1.82, 2.24) is 5.32 Å². The first-order valence-corrected chi connectivity index (χ1v) is 12.2. The van der Waals surface area contributed by atoms with Crippen LogP contribution in [0.1, 0.15) is 34.8 Å². The van der Waals surface area contributed by atoms with Crippen LogP contribution in [0, 0.1) is 0 Å². The number of halogens is 2. The molecule has 1 amide bonds. The third-order valence-corrected chi connectivity index (χ3v) is 6.86. The van der Waals surface area contributed by atoms with Crippen molar-refractivity contribution in [1.29, 1.82) is 0 Å². The minimum Gasteiger partial charge on any atom is -0.494 e. The minimum atomic E-state index is -1.24. The van der Waals surface area contributed by atoms with Gasteiger partial charge in [0.2, 0.25) is 5.90 Å². The Morgan fingerprint density at radius 2 is 1.86 bits per heavy atom. The third kappa shape index (κ3) is 4.61. The van der Waals surface area contributed by atoms with Gasteiger partial charge in [0.1, 0.15) is 5.75 Å². The Labute approximate surface area is 213 Å². The van der Waals surface area contributed by atoms with Gasteiger partial charge in [0, 0.05) is 47.2 Å². The fraction of sp³-hybridized carbons (Fsp3) is 0.259. The van der Waals surface area contributed by atoms with Crippen LogP contribution in [-0.2, 0) is 22.5 Å². The van der Waals surface area contributed by atoms with Crippen LogP contribution >= 0.6 is 23.2 Å². The maximum atomic E-state index is 13.6. The number of aliphatic hydroxyl groups excluding tert-OH is 1. The zero-order valence-corrected chi connectivity index (χ0v) is 20.4. The largest absolute Gasteiger partial charge is 0.494 e. The van der Waals surface area contributed by atoms with Crippen molar-refractivity contribution < 1.29 is 19.4 Å². The van der Waals surface area contributed by atoms with Crippen LogP contribution in [0.4, 0.5) is 0 Å². The predicted octanol–water partition coefficient (Wildman–Crippen LogP) is 4.88. The molecular formula is C27H24Cl2N2O4. The number of aliphatic imine (C=N–C) groups is 1. The standard InChI is InChI=1S/C27H24Cl2N2O4/c28-20-8-11-22(23(29)14-20)24-27(15-18-4-1-2-5-19(18)16-30-26(27)33)31-25(35-24)17-6-9-21(10-7-17)34-13-3-12-32/h1-2,4-11,14,24,32H,3,12-13,15-16H2,(H,30,33)/t24-,27-/m1/s1. The Bertz CT molecular complexity index is 1280. The molecule has 2 aliphatic rings. The van der Waals surface area contributed by atoms with Crippen molar-refractivity contribution in [2.75, 3.05) is 13.2 Å². The number of hydrogen-bond donors (Lipinski definition) is 2. The Morgan fingerprint density at radius 1 is 1.09 bits per heavy atom. The average molecular weight is 511 g/mol. The Hall–Kier alpha value is -3.06. The highest BCUT2D eigenvalue weighted by Crippen LogP contribution is 2.46. The first kappa shape index (κ1) is 23.7. The fourth-order valence-electron chi connectivity index (χ4n) is 4.49. The lowest BCUT2D eigenvalue weighted by Crippen LogP contribution is -2.48. The number of nitrogens with zero attached hydrogens (tertiary/aromatic N) is 1. The van der Waals surface area contributed by atoms with Crippen molar-refractivity contribution >= 4 is 35.0 Å². The second kappa shape index (κ2) is 9.90. The summed E-state index contributed by atoms with van der Waals surface area (Å²) in [5.74, 6) is 0.815. The maximum absolute atomic E-state index is 13.6. The van der Waals surface area contributed by atoms with Crippen molar-refractivity contribution in [2.45, 2.75) is 31.0 Å². The Kier molecular flexibility index (Phi) is 6.69. The highest BCUT2D eigenvalue weighted by Gasteiger charge is 2.54. The summed E-state index contributed by atoms with van der Waals surface area (Å²) in [6.45, 7) is 0.917. The lowest BCUT2D eigenvalue weighted by molar-refractivity contribution is -0.128. The van der Waals surface area contributed by atoms with E-state index < -0.39 is 11.6 Å². The van der Waals surface area contributed by atoms with Gasteiger partial charge in [-0.25, -0.2) is 4.99 Å². The zero-order valence-electron chi connectivity index (χ0n) is 18.8. The van der Waals surface area contributed by atoms with Gasteiger partial charge < -0.3 is 19.9 Å². The van der Waals surface area contributed by atoms with E-state index in [2.05, 4.69) is 5.32 Å². The molecule has 0 aromatic heterocycles. The average Bonchev–Trinajstić information content (AvgIpc) is 3.17. The van der Waals surface area contributed by atoms with E-state index in [1.807, 2.05) is 48.5 Å². The van der Waals surface area contributed by atoms with E-state index in [4.69, 9.17) is 42.8 Å². The first-order chi connectivity index (χ1) is 17.0. The number of ether oxygens (including phenoxy) is 2. The van der Waals surface area contributed by atoms with Gasteiger partial charge in [-0.05, 0) is 47.5 Å².